The van der Waals surface area contributed by atoms with E-state index in [-0.39, 0.29) is 11.9 Å². The van der Waals surface area contributed by atoms with E-state index in [1.54, 1.807) is 17.5 Å². The fourth-order valence-corrected chi connectivity index (χ4v) is 5.78. The van der Waals surface area contributed by atoms with Gasteiger partial charge in [-0.1, -0.05) is 0 Å². The molecule has 1 fully saturated rings. The molecule has 2 N–H and O–H groups in total. The minimum Gasteiger partial charge on any atom is -0.382 e. The molecule has 1 amide bonds. The summed E-state index contributed by atoms with van der Waals surface area (Å²) in [5.74, 6) is 0.670. The lowest BCUT2D eigenvalue weighted by Crippen LogP contribution is -2.48. The van der Waals surface area contributed by atoms with Gasteiger partial charge in [-0.05, 0) is 32.0 Å². The average Bonchev–Trinajstić information content (AvgIpc) is 3.57. The number of nitriles is 1. The van der Waals surface area contributed by atoms with Crippen LogP contribution in [0.2, 0.25) is 0 Å². The summed E-state index contributed by atoms with van der Waals surface area (Å²) >= 11 is 3.05. The Bertz CT molecular complexity index is 1430. The highest BCUT2D eigenvalue weighted by Gasteiger charge is 2.24. The number of fused-ring (bicyclic) bond motifs is 1. The maximum Gasteiger partial charge on any atom is 0.273 e. The Morgan fingerprint density at radius 2 is 2.00 bits per heavy atom. The molecule has 0 spiro atoms. The first-order valence-electron chi connectivity index (χ1n) is 12.2. The molecule has 9 nitrogen and oxygen atoms in total. The lowest BCUT2D eigenvalue weighted by atomic mass is 10.2. The maximum absolute atomic E-state index is 13.1. The quantitative estimate of drug-likeness (QED) is 0.324. The van der Waals surface area contributed by atoms with Gasteiger partial charge >= 0.3 is 0 Å². The van der Waals surface area contributed by atoms with Gasteiger partial charge in [0, 0.05) is 74.2 Å². The second kappa shape index (κ2) is 11.2. The summed E-state index contributed by atoms with van der Waals surface area (Å²) in [5, 5.41) is 18.3. The zero-order valence-corrected chi connectivity index (χ0v) is 22.4. The van der Waals surface area contributed by atoms with Crippen molar-refractivity contribution in [3.8, 4) is 16.6 Å². The zero-order valence-electron chi connectivity index (χ0n) is 20.8. The van der Waals surface area contributed by atoms with Crippen LogP contribution in [0.15, 0.2) is 41.4 Å². The highest BCUT2D eigenvalue weighted by atomic mass is 32.1. The van der Waals surface area contributed by atoms with E-state index in [1.165, 1.54) is 11.3 Å². The lowest BCUT2D eigenvalue weighted by Gasteiger charge is -2.33. The number of amides is 1. The molecule has 1 aromatic carbocycles. The van der Waals surface area contributed by atoms with Crippen LogP contribution in [0.1, 0.15) is 30.8 Å². The molecule has 5 rings (SSSR count). The van der Waals surface area contributed by atoms with Crippen molar-refractivity contribution in [2.45, 2.75) is 26.3 Å². The number of carbonyl (C=O) groups is 1. The third-order valence-electron chi connectivity index (χ3n) is 6.10. The molecule has 0 unspecified atom stereocenters. The van der Waals surface area contributed by atoms with E-state index >= 15 is 0 Å². The standard InChI is InChI=1S/C26H28N8OS2/c1-17(2)30-21-13-24(31-18-4-5-20-23(12-18)37-16-29-20)28-14-19(21)25-32-22(15-36-25)26(35)34-10-8-33(9-11-34)7-3-6-27/h4-5,12-17H,3,7-11H2,1-2H3,(H2,28,30,31). The van der Waals surface area contributed by atoms with E-state index in [0.717, 1.165) is 57.6 Å². The molecule has 4 aromatic rings. The Hall–Kier alpha value is -3.59. The zero-order chi connectivity index (χ0) is 25.8. The molecular weight excluding hydrogens is 504 g/mol. The monoisotopic (exact) mass is 532 g/mol. The van der Waals surface area contributed by atoms with E-state index in [1.807, 2.05) is 34.0 Å². The summed E-state index contributed by atoms with van der Waals surface area (Å²) < 4.78 is 1.12. The fraction of sp³-hybridized carbons (Fsp3) is 0.346. The van der Waals surface area contributed by atoms with Crippen molar-refractivity contribution in [2.24, 2.45) is 0 Å². The smallest absolute Gasteiger partial charge is 0.273 e. The molecule has 1 aliphatic rings. The number of thiazole rings is 2. The number of anilines is 3. The SMILES string of the molecule is CC(C)Nc1cc(Nc2ccc3ncsc3c2)ncc1-c1nc(C(=O)N2CCN(CCC#N)CC2)cs1. The number of aromatic nitrogens is 3. The highest BCUT2D eigenvalue weighted by molar-refractivity contribution is 7.16. The number of carbonyl (C=O) groups excluding carboxylic acids is 1. The summed E-state index contributed by atoms with van der Waals surface area (Å²) in [5.41, 5.74) is 6.00. The number of rotatable bonds is 8. The van der Waals surface area contributed by atoms with Crippen LogP contribution in [0.4, 0.5) is 17.2 Å². The van der Waals surface area contributed by atoms with Gasteiger partial charge in [0.1, 0.15) is 16.5 Å². The number of pyridine rings is 1. The topological polar surface area (TPSA) is 110 Å². The van der Waals surface area contributed by atoms with E-state index in [2.05, 4.69) is 51.5 Å². The predicted octanol–water partition coefficient (Wildman–Crippen LogP) is 5.05. The van der Waals surface area contributed by atoms with Crippen LogP contribution in [-0.4, -0.2) is 69.4 Å². The molecule has 190 valence electrons. The van der Waals surface area contributed by atoms with Crippen LogP contribution in [0, 0.1) is 11.3 Å². The van der Waals surface area contributed by atoms with Gasteiger partial charge in [0.15, 0.2) is 0 Å². The van der Waals surface area contributed by atoms with E-state index in [9.17, 15) is 4.79 Å². The first-order valence-corrected chi connectivity index (χ1v) is 14.0. The Morgan fingerprint density at radius 3 is 2.78 bits per heavy atom. The minimum absolute atomic E-state index is 0.0505. The molecule has 0 saturated carbocycles. The molecule has 0 atom stereocenters. The number of nitrogens with zero attached hydrogens (tertiary/aromatic N) is 6. The normalized spacial score (nSPS) is 14.2. The first-order chi connectivity index (χ1) is 18.0. The van der Waals surface area contributed by atoms with Crippen LogP contribution >= 0.6 is 22.7 Å². The Kier molecular flexibility index (Phi) is 7.60. The van der Waals surface area contributed by atoms with Crippen molar-refractivity contribution in [3.63, 3.8) is 0 Å². The van der Waals surface area contributed by atoms with Crippen molar-refractivity contribution in [2.75, 3.05) is 43.4 Å². The van der Waals surface area contributed by atoms with Gasteiger partial charge in [-0.25, -0.2) is 15.0 Å². The third-order valence-corrected chi connectivity index (χ3v) is 7.77. The van der Waals surface area contributed by atoms with Crippen LogP contribution in [-0.2, 0) is 0 Å². The molecule has 4 heterocycles. The van der Waals surface area contributed by atoms with Crippen molar-refractivity contribution < 1.29 is 4.79 Å². The summed E-state index contributed by atoms with van der Waals surface area (Å²) in [4.78, 5) is 30.9. The highest BCUT2D eigenvalue weighted by Crippen LogP contribution is 2.33. The van der Waals surface area contributed by atoms with Crippen LogP contribution in [0.5, 0.6) is 0 Å². The summed E-state index contributed by atoms with van der Waals surface area (Å²) in [6.45, 7) is 7.77. The first kappa shape index (κ1) is 25.1. The Morgan fingerprint density at radius 1 is 1.16 bits per heavy atom. The van der Waals surface area contributed by atoms with E-state index in [4.69, 9.17) is 10.2 Å². The van der Waals surface area contributed by atoms with Crippen molar-refractivity contribution >= 4 is 56.0 Å². The molecule has 0 radical (unpaired) electrons. The number of hydrogen-bond acceptors (Lipinski definition) is 10. The maximum atomic E-state index is 13.1. The van der Waals surface area contributed by atoms with Gasteiger partial charge in [-0.15, -0.1) is 22.7 Å². The lowest BCUT2D eigenvalue weighted by molar-refractivity contribution is 0.0635. The average molecular weight is 533 g/mol. The molecule has 3 aromatic heterocycles. The largest absolute Gasteiger partial charge is 0.382 e. The van der Waals surface area contributed by atoms with Crippen LogP contribution < -0.4 is 10.6 Å². The fourth-order valence-electron chi connectivity index (χ4n) is 4.25. The van der Waals surface area contributed by atoms with E-state index in [0.29, 0.717) is 25.2 Å². The summed E-state index contributed by atoms with van der Waals surface area (Å²) in [6.07, 6.45) is 2.32. The van der Waals surface area contributed by atoms with Crippen LogP contribution in [0.25, 0.3) is 20.8 Å². The van der Waals surface area contributed by atoms with Crippen molar-refractivity contribution in [3.05, 3.63) is 47.0 Å². The second-order valence-electron chi connectivity index (χ2n) is 9.15. The molecule has 0 aliphatic carbocycles. The van der Waals surface area contributed by atoms with Gasteiger partial charge < -0.3 is 15.5 Å². The molecule has 1 saturated heterocycles. The molecular formula is C26H28N8OS2. The minimum atomic E-state index is -0.0505. The van der Waals surface area contributed by atoms with Gasteiger partial charge in [0.2, 0.25) is 0 Å². The Labute approximate surface area is 223 Å². The van der Waals surface area contributed by atoms with Crippen molar-refractivity contribution in [1.29, 1.82) is 5.26 Å². The van der Waals surface area contributed by atoms with Crippen LogP contribution in [0.3, 0.4) is 0 Å². The molecule has 11 heteroatoms. The number of benzene rings is 1. The summed E-state index contributed by atoms with van der Waals surface area (Å²) in [6, 6.07) is 10.4. The van der Waals surface area contributed by atoms with Gasteiger partial charge in [-0.3, -0.25) is 9.69 Å². The van der Waals surface area contributed by atoms with E-state index < -0.39 is 0 Å². The summed E-state index contributed by atoms with van der Waals surface area (Å²) in [7, 11) is 0. The van der Waals surface area contributed by atoms with Gasteiger partial charge in [0.05, 0.1) is 27.4 Å². The molecule has 0 bridgehead atoms. The van der Waals surface area contributed by atoms with Crippen molar-refractivity contribution in [1.82, 2.24) is 24.8 Å². The third kappa shape index (κ3) is 5.88. The number of nitrogens with one attached hydrogen (secondary N) is 2. The Balaban J connectivity index is 1.32. The van der Waals surface area contributed by atoms with Gasteiger partial charge in [-0.2, -0.15) is 5.26 Å². The molecule has 37 heavy (non-hydrogen) atoms. The molecule has 1 aliphatic heterocycles. The second-order valence-corrected chi connectivity index (χ2v) is 10.9. The van der Waals surface area contributed by atoms with Gasteiger partial charge in [0.25, 0.3) is 5.91 Å². The predicted molar refractivity (Wildman–Crippen MR) is 150 cm³/mol. The number of piperazine rings is 1. The number of hydrogen-bond donors (Lipinski definition) is 2.